The SMILES string of the molecule is c1ccc(-c2cc(-c3cc(-c4cncc(-c5ccc6oc7ccccc7c6c5)c4)cc(-c4cc(-c5ccccc5)nc(-c5ccccc5)n4)c3)nc(-c3ccccc3)n2)cc1.c1ccc(-c2ccc3oc4cc(-c5cc(-c6cc(-c7ccccc7)nc(-c7ccccc7)n6)cc(-c6cc(-c7ccccc7)nc(-c7ccccc7)n6)c5)cc(-c5ccccc5)c4c3c2)cc1. The topological polar surface area (TPSA) is 142 Å². The summed E-state index contributed by atoms with van der Waals surface area (Å²) in [6, 6.07) is 152. The monoisotopic (exact) mass is 1640 g/mol. The van der Waals surface area contributed by atoms with Crippen molar-refractivity contribution in [3.8, 4) is 191 Å². The number of hydrogen-bond donors (Lipinski definition) is 0. The van der Waals surface area contributed by atoms with Gasteiger partial charge in [0.05, 0.1) is 45.6 Å². The highest BCUT2D eigenvalue weighted by Crippen LogP contribution is 2.46. The van der Waals surface area contributed by atoms with E-state index >= 15 is 0 Å². The van der Waals surface area contributed by atoms with E-state index in [1.165, 1.54) is 0 Å². The van der Waals surface area contributed by atoms with Crippen LogP contribution in [0.25, 0.3) is 235 Å². The second-order valence-electron chi connectivity index (χ2n) is 31.6. The third-order valence-corrected chi connectivity index (χ3v) is 23.2. The Kier molecular flexibility index (Phi) is 20.5. The Hall–Kier alpha value is -17.4. The highest BCUT2D eigenvalue weighted by molar-refractivity contribution is 6.15. The summed E-state index contributed by atoms with van der Waals surface area (Å²) >= 11 is 0. The first-order valence-corrected chi connectivity index (χ1v) is 42.7. The second-order valence-corrected chi connectivity index (χ2v) is 31.6. The maximum atomic E-state index is 6.82. The van der Waals surface area contributed by atoms with Gasteiger partial charge in [0.1, 0.15) is 22.3 Å². The molecule has 7 heterocycles. The Labute approximate surface area is 739 Å². The zero-order valence-electron chi connectivity index (χ0n) is 69.1. The van der Waals surface area contributed by atoms with Gasteiger partial charge < -0.3 is 8.83 Å². The first-order valence-electron chi connectivity index (χ1n) is 42.7. The summed E-state index contributed by atoms with van der Waals surface area (Å²) in [5, 5.41) is 4.31. The molecule has 0 unspecified atom stereocenters. The minimum absolute atomic E-state index is 0.647. The van der Waals surface area contributed by atoms with Crippen LogP contribution < -0.4 is 0 Å². The molecule has 0 amide bonds. The molecule has 23 aromatic rings. The number of benzene rings is 16. The van der Waals surface area contributed by atoms with Gasteiger partial charge in [0.25, 0.3) is 0 Å². The molecule has 128 heavy (non-hydrogen) atoms. The zero-order chi connectivity index (χ0) is 85.1. The maximum absolute atomic E-state index is 6.82. The molecule has 0 spiro atoms. The standard InChI is InChI=1S/C62H40N4O.C55H35N5O/c1-7-19-41(20-8-1)47-31-32-58-53(36-47)60-52(42-21-9-2-10-22-42)37-49(38-59(60)67-58)48-33-50(56-39-54(43-23-11-3-12-24-43)63-61(65-56)45-27-15-5-16-28-45)35-51(34-48)57-40-55(44-25-13-4-14-26-44)64-62(66-57)46-29-17-6-18-30-46;1-5-15-36(16-6-1)48-32-50(59-54(57-48)38-19-9-3-10-20-38)42-27-41(45-30-44(34-56-35-45)40-25-26-53-47(31-40)46-23-13-14-24-52(46)61-53)28-43(29-42)51-33-49(37-17-7-2-8-18-37)58-55(60-51)39-21-11-4-12-22-39/h1-40H;1-35H. The second kappa shape index (κ2) is 34.1. The number of fused-ring (bicyclic) bond motifs is 6. The quantitative estimate of drug-likeness (QED) is 0.0860. The lowest BCUT2D eigenvalue weighted by atomic mass is 9.91. The Balaban J connectivity index is 0.000000151. The van der Waals surface area contributed by atoms with Gasteiger partial charge in [-0.15, -0.1) is 0 Å². The molecule has 0 atom stereocenters. The fourth-order valence-electron chi connectivity index (χ4n) is 16.8. The molecule has 16 aromatic carbocycles. The third kappa shape index (κ3) is 15.9. The molecule has 11 heteroatoms. The minimum Gasteiger partial charge on any atom is -0.456 e. The van der Waals surface area contributed by atoms with Crippen molar-refractivity contribution >= 4 is 43.9 Å². The lowest BCUT2D eigenvalue weighted by molar-refractivity contribution is 0.668. The maximum Gasteiger partial charge on any atom is 0.160 e. The van der Waals surface area contributed by atoms with Crippen LogP contribution in [-0.2, 0) is 0 Å². The summed E-state index contributed by atoms with van der Waals surface area (Å²) in [6.07, 6.45) is 3.84. The Morgan fingerprint density at radius 2 is 0.398 bits per heavy atom. The molecule has 7 aromatic heterocycles. The van der Waals surface area contributed by atoms with Gasteiger partial charge in [-0.2, -0.15) is 0 Å². The van der Waals surface area contributed by atoms with Gasteiger partial charge in [0.15, 0.2) is 23.3 Å². The summed E-state index contributed by atoms with van der Waals surface area (Å²) in [4.78, 5) is 46.4. The van der Waals surface area contributed by atoms with Crippen LogP contribution in [-0.4, -0.2) is 44.9 Å². The highest BCUT2D eigenvalue weighted by atomic mass is 16.3. The average Bonchev–Trinajstić information content (AvgIpc) is 1.26. The van der Waals surface area contributed by atoms with Crippen LogP contribution >= 0.6 is 0 Å². The largest absolute Gasteiger partial charge is 0.456 e. The van der Waals surface area contributed by atoms with Crippen LogP contribution in [0.2, 0.25) is 0 Å². The zero-order valence-corrected chi connectivity index (χ0v) is 69.1. The fraction of sp³-hybridized carbons (Fsp3) is 0. The fourth-order valence-corrected chi connectivity index (χ4v) is 16.8. The van der Waals surface area contributed by atoms with Gasteiger partial charge in [0, 0.05) is 112 Å². The molecule has 0 saturated heterocycles. The number of furan rings is 2. The molecule has 0 N–H and O–H groups in total. The molecule has 600 valence electrons. The third-order valence-electron chi connectivity index (χ3n) is 23.2. The van der Waals surface area contributed by atoms with E-state index in [-0.39, 0.29) is 0 Å². The van der Waals surface area contributed by atoms with Crippen molar-refractivity contribution in [1.29, 1.82) is 0 Å². The average molecular weight is 1640 g/mol. The summed E-state index contributed by atoms with van der Waals surface area (Å²) in [7, 11) is 0. The predicted octanol–water partition coefficient (Wildman–Crippen LogP) is 30.1. The Morgan fingerprint density at radius 1 is 0.141 bits per heavy atom. The molecule has 0 bridgehead atoms. The van der Waals surface area contributed by atoms with E-state index in [1.807, 2.05) is 207 Å². The molecule has 0 fully saturated rings. The molecule has 11 nitrogen and oxygen atoms in total. The van der Waals surface area contributed by atoms with E-state index in [2.05, 4.69) is 249 Å². The molecule has 0 saturated carbocycles. The molecule has 0 aliphatic rings. The number of aromatic nitrogens is 9. The van der Waals surface area contributed by atoms with Crippen LogP contribution in [0, 0.1) is 0 Å². The van der Waals surface area contributed by atoms with Crippen LogP contribution in [0.1, 0.15) is 0 Å². The van der Waals surface area contributed by atoms with Crippen molar-refractivity contribution in [1.82, 2.24) is 44.9 Å². The number of rotatable bonds is 17. The van der Waals surface area contributed by atoms with E-state index in [0.29, 0.717) is 23.3 Å². The summed E-state index contributed by atoms with van der Waals surface area (Å²) < 4.78 is 13.0. The van der Waals surface area contributed by atoms with Gasteiger partial charge in [-0.25, -0.2) is 39.9 Å². The summed E-state index contributed by atoms with van der Waals surface area (Å²) in [5.41, 5.74) is 31.8. The number of pyridine rings is 1. The van der Waals surface area contributed by atoms with Crippen molar-refractivity contribution in [3.63, 3.8) is 0 Å². The number of hydrogen-bond acceptors (Lipinski definition) is 11. The summed E-state index contributed by atoms with van der Waals surface area (Å²) in [5.74, 6) is 2.59. The van der Waals surface area contributed by atoms with Crippen LogP contribution in [0.15, 0.2) is 464 Å². The Morgan fingerprint density at radius 3 is 0.781 bits per heavy atom. The molecule has 0 radical (unpaired) electrons. The van der Waals surface area contributed by atoms with E-state index < -0.39 is 0 Å². The minimum atomic E-state index is 0.647. The molecular weight excluding hydrogens is 1560 g/mol. The first-order chi connectivity index (χ1) is 63.3. The Bertz CT molecular complexity index is 7490. The lowest BCUT2D eigenvalue weighted by Crippen LogP contribution is -1.98. The lowest BCUT2D eigenvalue weighted by Gasteiger charge is -2.15. The smallest absolute Gasteiger partial charge is 0.160 e. The van der Waals surface area contributed by atoms with Gasteiger partial charge >= 0.3 is 0 Å². The molecule has 0 aliphatic carbocycles. The molecule has 23 rings (SSSR count). The molecular formula is C117H75N9O2. The van der Waals surface area contributed by atoms with Crippen LogP contribution in [0.3, 0.4) is 0 Å². The van der Waals surface area contributed by atoms with Gasteiger partial charge in [-0.1, -0.05) is 334 Å². The van der Waals surface area contributed by atoms with Crippen molar-refractivity contribution in [2.45, 2.75) is 0 Å². The van der Waals surface area contributed by atoms with Gasteiger partial charge in [-0.05, 0) is 154 Å². The van der Waals surface area contributed by atoms with Crippen LogP contribution in [0.4, 0.5) is 0 Å². The van der Waals surface area contributed by atoms with E-state index in [1.54, 1.807) is 0 Å². The molecule has 0 aliphatic heterocycles. The van der Waals surface area contributed by atoms with Gasteiger partial charge in [0.2, 0.25) is 0 Å². The number of nitrogens with zero attached hydrogens (tertiary/aromatic N) is 9. The van der Waals surface area contributed by atoms with E-state index in [4.69, 9.17) is 53.7 Å². The van der Waals surface area contributed by atoms with Crippen molar-refractivity contribution < 1.29 is 8.83 Å². The normalized spacial score (nSPS) is 11.3. The van der Waals surface area contributed by atoms with Crippen LogP contribution in [0.5, 0.6) is 0 Å². The highest BCUT2D eigenvalue weighted by Gasteiger charge is 2.23. The van der Waals surface area contributed by atoms with Crippen molar-refractivity contribution in [2.24, 2.45) is 0 Å². The van der Waals surface area contributed by atoms with E-state index in [9.17, 15) is 0 Å². The predicted molar refractivity (Wildman–Crippen MR) is 520 cm³/mol. The van der Waals surface area contributed by atoms with Crippen molar-refractivity contribution in [2.75, 3.05) is 0 Å². The van der Waals surface area contributed by atoms with E-state index in [0.717, 1.165) is 212 Å². The van der Waals surface area contributed by atoms with Gasteiger partial charge in [-0.3, -0.25) is 4.98 Å². The first kappa shape index (κ1) is 76.7. The number of para-hydroxylation sites is 1. The summed E-state index contributed by atoms with van der Waals surface area (Å²) in [6.45, 7) is 0. The van der Waals surface area contributed by atoms with Crippen molar-refractivity contribution in [3.05, 3.63) is 455 Å².